The molecule has 0 aliphatic carbocycles. The summed E-state index contributed by atoms with van der Waals surface area (Å²) in [4.78, 5) is 12.4. The van der Waals surface area contributed by atoms with E-state index in [1.165, 1.54) is 7.11 Å². The molecule has 6 heteroatoms. The fourth-order valence-electron chi connectivity index (χ4n) is 2.44. The van der Waals surface area contributed by atoms with Crippen molar-refractivity contribution >= 4 is 5.91 Å². The molecule has 6 nitrogen and oxygen atoms in total. The van der Waals surface area contributed by atoms with Crippen LogP contribution in [0.3, 0.4) is 0 Å². The van der Waals surface area contributed by atoms with E-state index in [2.05, 4.69) is 10.4 Å². The number of carbonyl (C=O) groups excluding carboxylic acids is 1. The summed E-state index contributed by atoms with van der Waals surface area (Å²) in [6.45, 7) is 0.0875. The van der Waals surface area contributed by atoms with Crippen LogP contribution in [0, 0.1) is 0 Å². The number of carbonyl (C=O) groups is 1. The molecule has 0 aliphatic rings. The lowest BCUT2D eigenvalue weighted by molar-refractivity contribution is 0.0908. The molecule has 2 N–H and O–H groups in total. The van der Waals surface area contributed by atoms with Crippen molar-refractivity contribution in [3.8, 4) is 11.4 Å². The molecule has 0 radical (unpaired) electrons. The predicted octanol–water partition coefficient (Wildman–Crippen LogP) is 2.34. The van der Waals surface area contributed by atoms with Gasteiger partial charge < -0.3 is 15.2 Å². The Kier molecular flexibility index (Phi) is 5.11. The van der Waals surface area contributed by atoms with Crippen LogP contribution in [0.15, 0.2) is 66.9 Å². The first kappa shape index (κ1) is 16.7. The number of aliphatic hydroxyl groups excluding tert-OH is 1. The van der Waals surface area contributed by atoms with Crippen molar-refractivity contribution in [2.75, 3.05) is 13.7 Å². The summed E-state index contributed by atoms with van der Waals surface area (Å²) in [7, 11) is 1.49. The van der Waals surface area contributed by atoms with Gasteiger partial charge >= 0.3 is 0 Å². The van der Waals surface area contributed by atoms with Crippen LogP contribution in [0.1, 0.15) is 22.2 Å². The van der Waals surface area contributed by atoms with E-state index in [9.17, 15) is 9.90 Å². The maximum absolute atomic E-state index is 12.4. The van der Waals surface area contributed by atoms with Crippen molar-refractivity contribution < 1.29 is 14.6 Å². The van der Waals surface area contributed by atoms with E-state index in [4.69, 9.17) is 4.74 Å². The van der Waals surface area contributed by atoms with Gasteiger partial charge in [-0.15, -0.1) is 0 Å². The molecule has 2 aromatic carbocycles. The van der Waals surface area contributed by atoms with Gasteiger partial charge in [0.05, 0.1) is 25.1 Å². The van der Waals surface area contributed by atoms with Crippen molar-refractivity contribution in [3.63, 3.8) is 0 Å². The van der Waals surface area contributed by atoms with E-state index in [-0.39, 0.29) is 12.2 Å². The number of amides is 1. The molecule has 0 saturated carbocycles. The molecular weight excluding hydrogens is 318 g/mol. The van der Waals surface area contributed by atoms with E-state index >= 15 is 0 Å². The highest BCUT2D eigenvalue weighted by Gasteiger charge is 2.19. The summed E-state index contributed by atoms with van der Waals surface area (Å²) in [5.41, 5.74) is 1.74. The number of methoxy groups -OCH3 is 1. The van der Waals surface area contributed by atoms with Gasteiger partial charge in [-0.05, 0) is 17.7 Å². The molecule has 1 amide bonds. The summed E-state index contributed by atoms with van der Waals surface area (Å²) in [6, 6.07) is 18.6. The van der Waals surface area contributed by atoms with Gasteiger partial charge in [0.25, 0.3) is 5.91 Å². The topological polar surface area (TPSA) is 76.4 Å². The molecule has 0 spiro atoms. The largest absolute Gasteiger partial charge is 0.493 e. The fourth-order valence-corrected chi connectivity index (χ4v) is 2.44. The lowest BCUT2D eigenvalue weighted by Gasteiger charge is -2.11. The van der Waals surface area contributed by atoms with Crippen LogP contribution in [-0.4, -0.2) is 34.4 Å². The Morgan fingerprint density at radius 1 is 1.16 bits per heavy atom. The Hall–Kier alpha value is -3.12. The minimum absolute atomic E-state index is 0.0875. The van der Waals surface area contributed by atoms with E-state index in [0.717, 1.165) is 11.3 Å². The summed E-state index contributed by atoms with van der Waals surface area (Å²) in [5, 5.41) is 17.1. The third-order valence-electron chi connectivity index (χ3n) is 3.78. The molecule has 0 saturated heterocycles. The number of para-hydroxylation sites is 1. The summed E-state index contributed by atoms with van der Waals surface area (Å²) < 4.78 is 6.84. The zero-order valence-electron chi connectivity index (χ0n) is 13.8. The first-order valence-corrected chi connectivity index (χ1v) is 7.89. The highest BCUT2D eigenvalue weighted by molar-refractivity contribution is 5.95. The Morgan fingerprint density at radius 3 is 2.44 bits per heavy atom. The van der Waals surface area contributed by atoms with Crippen LogP contribution in [-0.2, 0) is 0 Å². The van der Waals surface area contributed by atoms with Crippen molar-refractivity contribution in [1.82, 2.24) is 15.1 Å². The Morgan fingerprint density at radius 2 is 1.80 bits per heavy atom. The molecule has 1 atom stereocenters. The number of benzene rings is 2. The molecule has 0 fully saturated rings. The molecule has 0 bridgehead atoms. The number of hydrogen-bond acceptors (Lipinski definition) is 4. The SMILES string of the molecule is COc1cn(-c2ccccc2)nc1C(=O)NCC(O)c1ccccc1. The maximum Gasteiger partial charge on any atom is 0.275 e. The molecular formula is C19H19N3O3. The number of hydrogen-bond donors (Lipinski definition) is 2. The number of ether oxygens (including phenoxy) is 1. The second kappa shape index (κ2) is 7.63. The van der Waals surface area contributed by atoms with E-state index in [0.29, 0.717) is 5.75 Å². The molecule has 25 heavy (non-hydrogen) atoms. The monoisotopic (exact) mass is 337 g/mol. The minimum Gasteiger partial charge on any atom is -0.493 e. The van der Waals surface area contributed by atoms with E-state index in [1.54, 1.807) is 10.9 Å². The zero-order chi connectivity index (χ0) is 17.6. The first-order chi connectivity index (χ1) is 12.2. The van der Waals surface area contributed by atoms with Crippen LogP contribution in [0.2, 0.25) is 0 Å². The van der Waals surface area contributed by atoms with Gasteiger partial charge in [-0.1, -0.05) is 48.5 Å². The summed E-state index contributed by atoms with van der Waals surface area (Å²) >= 11 is 0. The smallest absolute Gasteiger partial charge is 0.275 e. The third-order valence-corrected chi connectivity index (χ3v) is 3.78. The van der Waals surface area contributed by atoms with Crippen molar-refractivity contribution in [3.05, 3.63) is 78.1 Å². The maximum atomic E-state index is 12.4. The number of nitrogens with zero attached hydrogens (tertiary/aromatic N) is 2. The lowest BCUT2D eigenvalue weighted by atomic mass is 10.1. The van der Waals surface area contributed by atoms with E-state index in [1.807, 2.05) is 60.7 Å². The third kappa shape index (κ3) is 3.87. The van der Waals surface area contributed by atoms with Crippen LogP contribution < -0.4 is 10.1 Å². The minimum atomic E-state index is -0.785. The molecule has 1 heterocycles. The van der Waals surface area contributed by atoms with Crippen molar-refractivity contribution in [2.45, 2.75) is 6.10 Å². The quantitative estimate of drug-likeness (QED) is 0.724. The number of rotatable bonds is 6. The lowest BCUT2D eigenvalue weighted by Crippen LogP contribution is -2.29. The van der Waals surface area contributed by atoms with Gasteiger partial charge in [-0.25, -0.2) is 4.68 Å². The average Bonchev–Trinajstić information content (AvgIpc) is 3.12. The second-order valence-corrected chi connectivity index (χ2v) is 5.46. The molecule has 3 rings (SSSR count). The standard InChI is InChI=1S/C19H19N3O3/c1-25-17-13-22(15-10-6-3-7-11-15)21-18(17)19(24)20-12-16(23)14-8-4-2-5-9-14/h2-11,13,16,23H,12H2,1H3,(H,20,24). The van der Waals surface area contributed by atoms with Gasteiger partial charge in [0.2, 0.25) is 0 Å². The number of aliphatic hydroxyl groups is 1. The van der Waals surface area contributed by atoms with Gasteiger partial charge in [0, 0.05) is 6.54 Å². The van der Waals surface area contributed by atoms with Crippen molar-refractivity contribution in [1.29, 1.82) is 0 Å². The molecule has 1 aromatic heterocycles. The number of aromatic nitrogens is 2. The van der Waals surface area contributed by atoms with Gasteiger partial charge in [-0.3, -0.25) is 4.79 Å². The predicted molar refractivity (Wildman–Crippen MR) is 93.9 cm³/mol. The summed E-state index contributed by atoms with van der Waals surface area (Å²) in [5.74, 6) is -0.0305. The van der Waals surface area contributed by atoms with Gasteiger partial charge in [-0.2, -0.15) is 5.10 Å². The molecule has 1 unspecified atom stereocenters. The zero-order valence-corrected chi connectivity index (χ0v) is 13.8. The Balaban J connectivity index is 1.72. The molecule has 0 aliphatic heterocycles. The normalized spacial score (nSPS) is 11.8. The van der Waals surface area contributed by atoms with Gasteiger partial charge in [0.1, 0.15) is 0 Å². The second-order valence-electron chi connectivity index (χ2n) is 5.46. The van der Waals surface area contributed by atoms with E-state index < -0.39 is 12.0 Å². The molecule has 3 aromatic rings. The van der Waals surface area contributed by atoms with Crippen LogP contribution >= 0.6 is 0 Å². The molecule has 128 valence electrons. The highest BCUT2D eigenvalue weighted by Crippen LogP contribution is 2.19. The van der Waals surface area contributed by atoms with Crippen LogP contribution in [0.4, 0.5) is 0 Å². The average molecular weight is 337 g/mol. The Labute approximate surface area is 145 Å². The van der Waals surface area contributed by atoms with Crippen LogP contribution in [0.5, 0.6) is 5.75 Å². The number of nitrogens with one attached hydrogen (secondary N) is 1. The summed E-state index contributed by atoms with van der Waals surface area (Å²) in [6.07, 6.45) is 0.866. The van der Waals surface area contributed by atoms with Crippen molar-refractivity contribution in [2.24, 2.45) is 0 Å². The highest BCUT2D eigenvalue weighted by atomic mass is 16.5. The first-order valence-electron chi connectivity index (χ1n) is 7.89. The Bertz CT molecular complexity index is 832. The van der Waals surface area contributed by atoms with Crippen LogP contribution in [0.25, 0.3) is 5.69 Å². The fraction of sp³-hybridized carbons (Fsp3) is 0.158. The van der Waals surface area contributed by atoms with Gasteiger partial charge in [0.15, 0.2) is 11.4 Å².